The molecule has 0 bridgehead atoms. The maximum atomic E-state index is 12.5. The molecule has 1 aliphatic heterocycles. The van der Waals surface area contributed by atoms with Crippen LogP contribution in [0.4, 0.5) is 5.69 Å². The Balaban J connectivity index is 1.70. The molecule has 1 unspecified atom stereocenters. The lowest BCUT2D eigenvalue weighted by Gasteiger charge is -2.18. The van der Waals surface area contributed by atoms with Gasteiger partial charge in [0.1, 0.15) is 5.75 Å². The van der Waals surface area contributed by atoms with Gasteiger partial charge in [-0.15, -0.1) is 0 Å². The summed E-state index contributed by atoms with van der Waals surface area (Å²) in [6.07, 6.45) is -0.0531. The van der Waals surface area contributed by atoms with Crippen molar-refractivity contribution in [2.45, 2.75) is 26.4 Å². The quantitative estimate of drug-likeness (QED) is 0.825. The molecule has 1 amide bonds. The highest BCUT2D eigenvalue weighted by atomic mass is 79.9. The van der Waals surface area contributed by atoms with Crippen LogP contribution in [0.25, 0.3) is 0 Å². The summed E-state index contributed by atoms with van der Waals surface area (Å²) < 4.78 is 17.3. The van der Waals surface area contributed by atoms with Crippen LogP contribution in [0, 0.1) is 6.92 Å². The molecule has 5 nitrogen and oxygen atoms in total. The van der Waals surface area contributed by atoms with Crippen molar-refractivity contribution in [3.63, 3.8) is 0 Å². The number of carbonyl (C=O) groups is 1. The molecule has 24 heavy (non-hydrogen) atoms. The third-order valence-electron chi connectivity index (χ3n) is 3.67. The minimum absolute atomic E-state index is 0.195. The maximum absolute atomic E-state index is 12.5. The van der Waals surface area contributed by atoms with E-state index >= 15 is 0 Å². The minimum atomic E-state index is -0.599. The third-order valence-corrected chi connectivity index (χ3v) is 4.32. The van der Waals surface area contributed by atoms with Crippen LogP contribution in [0.15, 0.2) is 40.9 Å². The van der Waals surface area contributed by atoms with E-state index in [4.69, 9.17) is 14.2 Å². The zero-order chi connectivity index (χ0) is 17.1. The summed E-state index contributed by atoms with van der Waals surface area (Å²) in [6, 6.07) is 11.0. The molecule has 1 N–H and O–H groups in total. The van der Waals surface area contributed by atoms with Gasteiger partial charge in [0.15, 0.2) is 17.6 Å². The first kappa shape index (κ1) is 16.6. The highest BCUT2D eigenvalue weighted by molar-refractivity contribution is 9.10. The van der Waals surface area contributed by atoms with Crippen molar-refractivity contribution in [2.24, 2.45) is 0 Å². The van der Waals surface area contributed by atoms with Crippen LogP contribution in [0.1, 0.15) is 18.9 Å². The third kappa shape index (κ3) is 3.64. The van der Waals surface area contributed by atoms with Gasteiger partial charge in [0.25, 0.3) is 5.91 Å². The molecule has 0 aromatic heterocycles. The molecule has 0 aliphatic carbocycles. The van der Waals surface area contributed by atoms with E-state index < -0.39 is 6.10 Å². The molecule has 0 fully saturated rings. The number of hydrogen-bond acceptors (Lipinski definition) is 4. The summed E-state index contributed by atoms with van der Waals surface area (Å²) in [5.74, 6) is 1.69. The number of rotatable bonds is 5. The van der Waals surface area contributed by atoms with Crippen LogP contribution in [-0.4, -0.2) is 18.8 Å². The van der Waals surface area contributed by atoms with Crippen molar-refractivity contribution < 1.29 is 19.0 Å². The Hall–Kier alpha value is -2.21. The van der Waals surface area contributed by atoms with Gasteiger partial charge in [-0.05, 0) is 59.1 Å². The van der Waals surface area contributed by atoms with Crippen molar-refractivity contribution in [1.29, 1.82) is 0 Å². The van der Waals surface area contributed by atoms with E-state index in [0.29, 0.717) is 23.7 Å². The second-order valence-corrected chi connectivity index (χ2v) is 6.36. The molecular weight excluding hydrogens is 374 g/mol. The van der Waals surface area contributed by atoms with Crippen molar-refractivity contribution in [3.05, 3.63) is 46.4 Å². The minimum Gasteiger partial charge on any atom is -0.480 e. The normalized spacial score (nSPS) is 13.5. The van der Waals surface area contributed by atoms with Gasteiger partial charge in [-0.25, -0.2) is 0 Å². The lowest BCUT2D eigenvalue weighted by molar-refractivity contribution is -0.122. The Bertz CT molecular complexity index is 763. The Morgan fingerprint density at radius 2 is 2.04 bits per heavy atom. The van der Waals surface area contributed by atoms with E-state index in [9.17, 15) is 4.79 Å². The standard InChI is InChI=1S/C18H18BrNO4/c1-3-15(18(21)20-14-6-4-11(2)8-13(14)19)24-12-5-7-16-17(9-12)23-10-22-16/h4-9,15H,3,10H2,1-2H3,(H,20,21). The molecule has 2 aromatic carbocycles. The second-order valence-electron chi connectivity index (χ2n) is 5.50. The number of halogens is 1. The molecule has 2 aromatic rings. The van der Waals surface area contributed by atoms with E-state index in [1.807, 2.05) is 32.0 Å². The summed E-state index contributed by atoms with van der Waals surface area (Å²) in [4.78, 5) is 12.5. The van der Waals surface area contributed by atoms with Crippen LogP contribution >= 0.6 is 15.9 Å². The molecule has 0 radical (unpaired) electrons. The van der Waals surface area contributed by atoms with Gasteiger partial charge < -0.3 is 19.5 Å². The molecule has 1 atom stereocenters. The zero-order valence-corrected chi connectivity index (χ0v) is 15.1. The SMILES string of the molecule is CCC(Oc1ccc2c(c1)OCO2)C(=O)Nc1ccc(C)cc1Br. The summed E-state index contributed by atoms with van der Waals surface area (Å²) in [7, 11) is 0. The Labute approximate surface area is 149 Å². The summed E-state index contributed by atoms with van der Waals surface area (Å²) in [6.45, 7) is 4.10. The van der Waals surface area contributed by atoms with Gasteiger partial charge in [0, 0.05) is 10.5 Å². The van der Waals surface area contributed by atoms with Crippen molar-refractivity contribution in [1.82, 2.24) is 0 Å². The lowest BCUT2D eigenvalue weighted by Crippen LogP contribution is -2.32. The van der Waals surface area contributed by atoms with E-state index in [1.54, 1.807) is 18.2 Å². The Morgan fingerprint density at radius 3 is 2.79 bits per heavy atom. The van der Waals surface area contributed by atoms with Crippen LogP contribution in [-0.2, 0) is 4.79 Å². The van der Waals surface area contributed by atoms with Crippen LogP contribution in [0.2, 0.25) is 0 Å². The van der Waals surface area contributed by atoms with Gasteiger partial charge >= 0.3 is 0 Å². The van der Waals surface area contributed by atoms with Gasteiger partial charge in [0.05, 0.1) is 5.69 Å². The molecule has 0 saturated carbocycles. The van der Waals surface area contributed by atoms with E-state index in [-0.39, 0.29) is 12.7 Å². The van der Waals surface area contributed by atoms with E-state index in [2.05, 4.69) is 21.2 Å². The monoisotopic (exact) mass is 391 g/mol. The van der Waals surface area contributed by atoms with Gasteiger partial charge in [-0.3, -0.25) is 4.79 Å². The number of nitrogens with one attached hydrogen (secondary N) is 1. The molecule has 126 valence electrons. The van der Waals surface area contributed by atoms with Crippen molar-refractivity contribution in [3.8, 4) is 17.2 Å². The van der Waals surface area contributed by atoms with Crippen LogP contribution in [0.5, 0.6) is 17.2 Å². The number of anilines is 1. The fraction of sp³-hybridized carbons (Fsp3) is 0.278. The Kier molecular flexibility index (Phi) is 4.94. The summed E-state index contributed by atoms with van der Waals surface area (Å²) in [5, 5.41) is 2.89. The fourth-order valence-corrected chi connectivity index (χ4v) is 2.96. The predicted molar refractivity (Wildman–Crippen MR) is 94.8 cm³/mol. The van der Waals surface area contributed by atoms with Crippen molar-refractivity contribution >= 4 is 27.5 Å². The lowest BCUT2D eigenvalue weighted by atomic mass is 10.2. The maximum Gasteiger partial charge on any atom is 0.265 e. The highest BCUT2D eigenvalue weighted by Gasteiger charge is 2.21. The number of benzene rings is 2. The number of ether oxygens (including phenoxy) is 3. The first-order chi connectivity index (χ1) is 11.6. The average molecular weight is 392 g/mol. The molecule has 1 aliphatic rings. The van der Waals surface area contributed by atoms with Gasteiger partial charge in [0.2, 0.25) is 6.79 Å². The first-order valence-corrected chi connectivity index (χ1v) is 8.49. The summed E-state index contributed by atoms with van der Waals surface area (Å²) in [5.41, 5.74) is 1.84. The summed E-state index contributed by atoms with van der Waals surface area (Å²) >= 11 is 3.46. The molecule has 0 spiro atoms. The fourth-order valence-electron chi connectivity index (χ4n) is 2.37. The number of carbonyl (C=O) groups excluding carboxylic acids is 1. The number of aryl methyl sites for hydroxylation is 1. The van der Waals surface area contributed by atoms with Crippen LogP contribution < -0.4 is 19.5 Å². The molecule has 3 rings (SSSR count). The topological polar surface area (TPSA) is 56.8 Å². The number of amides is 1. The zero-order valence-electron chi connectivity index (χ0n) is 13.5. The smallest absolute Gasteiger partial charge is 0.265 e. The van der Waals surface area contributed by atoms with Crippen molar-refractivity contribution in [2.75, 3.05) is 12.1 Å². The number of hydrogen-bond donors (Lipinski definition) is 1. The number of fused-ring (bicyclic) bond motifs is 1. The Morgan fingerprint density at radius 1 is 1.25 bits per heavy atom. The van der Waals surface area contributed by atoms with E-state index in [1.165, 1.54) is 0 Å². The highest BCUT2D eigenvalue weighted by Crippen LogP contribution is 2.35. The molecule has 1 heterocycles. The second kappa shape index (κ2) is 7.13. The van der Waals surface area contributed by atoms with E-state index in [0.717, 1.165) is 15.7 Å². The van der Waals surface area contributed by atoms with Gasteiger partial charge in [-0.1, -0.05) is 13.0 Å². The molecule has 0 saturated heterocycles. The largest absolute Gasteiger partial charge is 0.480 e. The average Bonchev–Trinajstić information content (AvgIpc) is 3.02. The van der Waals surface area contributed by atoms with Gasteiger partial charge in [-0.2, -0.15) is 0 Å². The first-order valence-electron chi connectivity index (χ1n) is 7.70. The predicted octanol–water partition coefficient (Wildman–Crippen LogP) is 4.28. The molecule has 6 heteroatoms. The van der Waals surface area contributed by atoms with Crippen LogP contribution in [0.3, 0.4) is 0 Å². The molecular formula is C18H18BrNO4.